The van der Waals surface area contributed by atoms with Crippen molar-refractivity contribution in [1.82, 2.24) is 15.0 Å². The van der Waals surface area contributed by atoms with E-state index in [0.717, 1.165) is 0 Å². The van der Waals surface area contributed by atoms with E-state index in [0.29, 0.717) is 13.2 Å². The van der Waals surface area contributed by atoms with Gasteiger partial charge in [0.1, 0.15) is 0 Å². The van der Waals surface area contributed by atoms with Crippen LogP contribution >= 0.6 is 0 Å². The van der Waals surface area contributed by atoms with E-state index < -0.39 is 0 Å². The molecule has 0 spiro atoms. The van der Waals surface area contributed by atoms with Crippen molar-refractivity contribution in [2.75, 3.05) is 18.9 Å². The molecular formula is C7H12N4O2. The second-order valence-electron chi connectivity index (χ2n) is 2.12. The van der Waals surface area contributed by atoms with Crippen LogP contribution in [0.25, 0.3) is 0 Å². The van der Waals surface area contributed by atoms with Gasteiger partial charge < -0.3 is 15.2 Å². The second-order valence-corrected chi connectivity index (χ2v) is 2.12. The topological polar surface area (TPSA) is 83.2 Å². The number of rotatable bonds is 4. The first-order valence-corrected chi connectivity index (χ1v) is 4.03. The number of hydrogen-bond donors (Lipinski definition) is 1. The highest BCUT2D eigenvalue weighted by atomic mass is 16.5. The summed E-state index contributed by atoms with van der Waals surface area (Å²) in [7, 11) is 0. The third-order valence-corrected chi connectivity index (χ3v) is 1.16. The summed E-state index contributed by atoms with van der Waals surface area (Å²) in [5, 5.41) is 0. The van der Waals surface area contributed by atoms with E-state index >= 15 is 0 Å². The molecule has 1 heterocycles. The van der Waals surface area contributed by atoms with E-state index in [1.54, 1.807) is 0 Å². The molecule has 0 unspecified atom stereocenters. The molecule has 0 saturated heterocycles. The zero-order valence-electron chi connectivity index (χ0n) is 7.65. The Bertz CT molecular complexity index is 255. The van der Waals surface area contributed by atoms with Gasteiger partial charge >= 0.3 is 12.0 Å². The summed E-state index contributed by atoms with van der Waals surface area (Å²) < 4.78 is 10.1. The second kappa shape index (κ2) is 4.44. The van der Waals surface area contributed by atoms with Gasteiger partial charge in [0.2, 0.25) is 5.95 Å². The van der Waals surface area contributed by atoms with Gasteiger partial charge in [0, 0.05) is 0 Å². The van der Waals surface area contributed by atoms with Crippen LogP contribution in [-0.2, 0) is 0 Å². The summed E-state index contributed by atoms with van der Waals surface area (Å²) >= 11 is 0. The standard InChI is InChI=1S/C7H12N4O2/c1-3-12-6-9-5(8)10-7(11-6)13-4-2/h3-4H2,1-2H3,(H2,8,9,10,11). The van der Waals surface area contributed by atoms with Gasteiger partial charge in [-0.3, -0.25) is 0 Å². The predicted octanol–water partition coefficient (Wildman–Crippen LogP) is 0.251. The highest BCUT2D eigenvalue weighted by Crippen LogP contribution is 2.10. The van der Waals surface area contributed by atoms with Gasteiger partial charge in [-0.05, 0) is 13.8 Å². The zero-order chi connectivity index (χ0) is 9.68. The molecule has 1 aromatic rings. The maximum absolute atomic E-state index is 5.40. The first kappa shape index (κ1) is 9.50. The highest BCUT2D eigenvalue weighted by molar-refractivity contribution is 5.20. The first-order valence-electron chi connectivity index (χ1n) is 4.03. The third-order valence-electron chi connectivity index (χ3n) is 1.16. The molecule has 0 aliphatic rings. The lowest BCUT2D eigenvalue weighted by atomic mass is 10.8. The number of nitrogen functional groups attached to an aromatic ring is 1. The smallest absolute Gasteiger partial charge is 0.324 e. The lowest BCUT2D eigenvalue weighted by molar-refractivity contribution is 0.280. The van der Waals surface area contributed by atoms with Crippen molar-refractivity contribution >= 4 is 5.95 Å². The molecule has 72 valence electrons. The predicted molar refractivity (Wildman–Crippen MR) is 46.6 cm³/mol. The number of hydrogen-bond acceptors (Lipinski definition) is 6. The van der Waals surface area contributed by atoms with Crippen molar-refractivity contribution in [3.05, 3.63) is 0 Å². The Morgan fingerprint density at radius 3 is 1.85 bits per heavy atom. The molecule has 0 aromatic carbocycles. The fraction of sp³-hybridized carbons (Fsp3) is 0.571. The van der Waals surface area contributed by atoms with Crippen molar-refractivity contribution in [2.24, 2.45) is 0 Å². The van der Waals surface area contributed by atoms with Gasteiger partial charge in [0.25, 0.3) is 0 Å². The average Bonchev–Trinajstić information content (AvgIpc) is 2.04. The lowest BCUT2D eigenvalue weighted by Crippen LogP contribution is -2.06. The van der Waals surface area contributed by atoms with Gasteiger partial charge in [0.15, 0.2) is 0 Å². The van der Waals surface area contributed by atoms with Crippen LogP contribution in [0.4, 0.5) is 5.95 Å². The van der Waals surface area contributed by atoms with Crippen molar-refractivity contribution < 1.29 is 9.47 Å². The Hall–Kier alpha value is -1.59. The number of nitrogens with two attached hydrogens (primary N) is 1. The van der Waals surface area contributed by atoms with E-state index in [9.17, 15) is 0 Å². The SMILES string of the molecule is CCOc1nc(N)nc(OCC)n1. The van der Waals surface area contributed by atoms with Crippen molar-refractivity contribution in [2.45, 2.75) is 13.8 Å². The summed E-state index contributed by atoms with van der Waals surface area (Å²) in [6.07, 6.45) is 0. The summed E-state index contributed by atoms with van der Waals surface area (Å²) in [6, 6.07) is 0.386. The van der Waals surface area contributed by atoms with Gasteiger partial charge in [-0.1, -0.05) is 0 Å². The van der Waals surface area contributed by atoms with Crippen LogP contribution in [0.1, 0.15) is 13.8 Å². The molecule has 1 rings (SSSR count). The van der Waals surface area contributed by atoms with Crippen LogP contribution in [0.15, 0.2) is 0 Å². The molecule has 0 atom stereocenters. The monoisotopic (exact) mass is 184 g/mol. The average molecular weight is 184 g/mol. The van der Waals surface area contributed by atoms with Crippen LogP contribution in [0, 0.1) is 0 Å². The van der Waals surface area contributed by atoms with Crippen LogP contribution in [0.3, 0.4) is 0 Å². The minimum atomic E-state index is 0.0990. The molecular weight excluding hydrogens is 172 g/mol. The quantitative estimate of drug-likeness (QED) is 0.722. The van der Waals surface area contributed by atoms with Crippen molar-refractivity contribution in [1.29, 1.82) is 0 Å². The molecule has 2 N–H and O–H groups in total. The molecule has 0 radical (unpaired) electrons. The number of nitrogens with zero attached hydrogens (tertiary/aromatic N) is 3. The summed E-state index contributed by atoms with van der Waals surface area (Å²) in [5.74, 6) is 0.0990. The highest BCUT2D eigenvalue weighted by Gasteiger charge is 2.04. The van der Waals surface area contributed by atoms with Crippen LogP contribution in [-0.4, -0.2) is 28.2 Å². The molecule has 0 saturated carbocycles. The van der Waals surface area contributed by atoms with Gasteiger partial charge in [-0.2, -0.15) is 9.97 Å². The maximum Gasteiger partial charge on any atom is 0.324 e. The first-order chi connectivity index (χ1) is 6.26. The Morgan fingerprint density at radius 1 is 1.00 bits per heavy atom. The van der Waals surface area contributed by atoms with Crippen LogP contribution in [0.5, 0.6) is 12.0 Å². The molecule has 13 heavy (non-hydrogen) atoms. The van der Waals surface area contributed by atoms with E-state index in [-0.39, 0.29) is 18.0 Å². The number of aromatic nitrogens is 3. The number of ether oxygens (including phenoxy) is 2. The zero-order valence-corrected chi connectivity index (χ0v) is 7.65. The Kier molecular flexibility index (Phi) is 3.24. The Labute approximate surface area is 76.1 Å². The van der Waals surface area contributed by atoms with Gasteiger partial charge in [-0.15, -0.1) is 4.98 Å². The third kappa shape index (κ3) is 2.73. The van der Waals surface area contributed by atoms with Crippen LogP contribution < -0.4 is 15.2 Å². The molecule has 6 nitrogen and oxygen atoms in total. The van der Waals surface area contributed by atoms with Gasteiger partial charge in [0.05, 0.1) is 13.2 Å². The maximum atomic E-state index is 5.40. The molecule has 0 aliphatic heterocycles. The lowest BCUT2D eigenvalue weighted by Gasteiger charge is -2.04. The molecule has 0 fully saturated rings. The molecule has 0 amide bonds. The molecule has 1 aromatic heterocycles. The Balaban J connectivity index is 2.83. The van der Waals surface area contributed by atoms with E-state index in [1.807, 2.05) is 13.8 Å². The molecule has 6 heteroatoms. The van der Waals surface area contributed by atoms with E-state index in [2.05, 4.69) is 15.0 Å². The minimum Gasteiger partial charge on any atom is -0.464 e. The summed E-state index contributed by atoms with van der Waals surface area (Å²) in [4.78, 5) is 11.4. The minimum absolute atomic E-state index is 0.0990. The van der Waals surface area contributed by atoms with Crippen molar-refractivity contribution in [3.8, 4) is 12.0 Å². The largest absolute Gasteiger partial charge is 0.464 e. The van der Waals surface area contributed by atoms with Crippen molar-refractivity contribution in [3.63, 3.8) is 0 Å². The van der Waals surface area contributed by atoms with E-state index in [1.165, 1.54) is 0 Å². The normalized spacial score (nSPS) is 9.69. The molecule has 0 aliphatic carbocycles. The Morgan fingerprint density at radius 2 is 1.46 bits per heavy atom. The van der Waals surface area contributed by atoms with Crippen LogP contribution in [0.2, 0.25) is 0 Å². The number of anilines is 1. The fourth-order valence-corrected chi connectivity index (χ4v) is 0.740. The fourth-order valence-electron chi connectivity index (χ4n) is 0.740. The summed E-state index contributed by atoms with van der Waals surface area (Å²) in [6.45, 7) is 4.63. The molecule has 0 bridgehead atoms. The van der Waals surface area contributed by atoms with E-state index in [4.69, 9.17) is 15.2 Å². The van der Waals surface area contributed by atoms with Gasteiger partial charge in [-0.25, -0.2) is 0 Å². The summed E-state index contributed by atoms with van der Waals surface area (Å²) in [5.41, 5.74) is 5.40.